The molecule has 1 amide bonds. The van der Waals surface area contributed by atoms with Crippen LogP contribution in [0, 0.1) is 12.8 Å². The first kappa shape index (κ1) is 15.1. The lowest BCUT2D eigenvalue weighted by Crippen LogP contribution is -2.26. The molecule has 6 heteroatoms. The minimum atomic E-state index is -0.405. The van der Waals surface area contributed by atoms with Crippen molar-refractivity contribution in [2.75, 3.05) is 18.6 Å². The predicted octanol–water partition coefficient (Wildman–Crippen LogP) is 1.98. The lowest BCUT2D eigenvalue weighted by atomic mass is 10.1. The third-order valence-electron chi connectivity index (χ3n) is 3.89. The Morgan fingerprint density at radius 3 is 2.91 bits per heavy atom. The van der Waals surface area contributed by atoms with Gasteiger partial charge >= 0.3 is 5.97 Å². The van der Waals surface area contributed by atoms with Gasteiger partial charge in [-0.2, -0.15) is 0 Å². The van der Waals surface area contributed by atoms with Crippen molar-refractivity contribution in [2.24, 2.45) is 5.92 Å². The van der Waals surface area contributed by atoms with Crippen LogP contribution in [0.2, 0.25) is 0 Å². The molecule has 1 aliphatic rings. The quantitative estimate of drug-likeness (QED) is 0.810. The Morgan fingerprint density at radius 1 is 1.35 bits per heavy atom. The van der Waals surface area contributed by atoms with Crippen LogP contribution in [0.25, 0.3) is 11.3 Å². The molecule has 2 aromatic rings. The van der Waals surface area contributed by atoms with Crippen molar-refractivity contribution in [3.8, 4) is 11.3 Å². The number of anilines is 1. The number of nitrogens with zero attached hydrogens (tertiary/aromatic N) is 3. The first-order chi connectivity index (χ1) is 11.1. The Hall–Kier alpha value is -2.76. The van der Waals surface area contributed by atoms with Crippen LogP contribution in [-0.2, 0) is 14.3 Å². The van der Waals surface area contributed by atoms with Crippen molar-refractivity contribution in [1.29, 1.82) is 0 Å². The van der Waals surface area contributed by atoms with Gasteiger partial charge in [0.1, 0.15) is 5.82 Å². The van der Waals surface area contributed by atoms with Crippen molar-refractivity contribution >= 4 is 17.6 Å². The van der Waals surface area contributed by atoms with Gasteiger partial charge in [0.2, 0.25) is 5.91 Å². The van der Waals surface area contributed by atoms with Crippen LogP contribution in [0.3, 0.4) is 0 Å². The summed E-state index contributed by atoms with van der Waals surface area (Å²) >= 11 is 0. The van der Waals surface area contributed by atoms with E-state index in [1.165, 1.54) is 7.11 Å². The van der Waals surface area contributed by atoms with Crippen molar-refractivity contribution < 1.29 is 14.3 Å². The fourth-order valence-electron chi connectivity index (χ4n) is 2.73. The van der Waals surface area contributed by atoms with Crippen molar-refractivity contribution in [2.45, 2.75) is 13.3 Å². The zero-order valence-corrected chi connectivity index (χ0v) is 13.0. The molecule has 1 unspecified atom stereocenters. The summed E-state index contributed by atoms with van der Waals surface area (Å²) in [7, 11) is 1.34. The third kappa shape index (κ3) is 3.06. The first-order valence-electron chi connectivity index (χ1n) is 7.37. The van der Waals surface area contributed by atoms with Crippen molar-refractivity contribution in [1.82, 2.24) is 9.97 Å². The van der Waals surface area contributed by atoms with Gasteiger partial charge in [-0.1, -0.05) is 12.1 Å². The molecule has 3 rings (SSSR count). The summed E-state index contributed by atoms with van der Waals surface area (Å²) in [5.41, 5.74) is 2.47. The second-order valence-corrected chi connectivity index (χ2v) is 5.47. The summed E-state index contributed by atoms with van der Waals surface area (Å²) in [4.78, 5) is 34.0. The molecule has 0 radical (unpaired) electrons. The molecule has 23 heavy (non-hydrogen) atoms. The standard InChI is InChI=1S/C17H17N3O3/c1-11-18-7-6-15(19-11)12-4-3-5-14(8-12)20-10-13(9-16(20)21)17(22)23-2/h3-8,13H,9-10H2,1-2H3. The number of aromatic nitrogens is 2. The number of carbonyl (C=O) groups is 2. The maximum absolute atomic E-state index is 12.2. The number of carbonyl (C=O) groups excluding carboxylic acids is 2. The van der Waals surface area contributed by atoms with Gasteiger partial charge in [0.05, 0.1) is 18.7 Å². The van der Waals surface area contributed by atoms with E-state index in [1.54, 1.807) is 11.1 Å². The van der Waals surface area contributed by atoms with E-state index in [0.29, 0.717) is 12.4 Å². The van der Waals surface area contributed by atoms with Crippen LogP contribution in [-0.4, -0.2) is 35.5 Å². The molecule has 1 fully saturated rings. The molecule has 0 bridgehead atoms. The lowest BCUT2D eigenvalue weighted by molar-refractivity contribution is -0.145. The van der Waals surface area contributed by atoms with Crippen LogP contribution in [0.5, 0.6) is 0 Å². The number of amides is 1. The van der Waals surface area contributed by atoms with Crippen LogP contribution < -0.4 is 4.90 Å². The van der Waals surface area contributed by atoms with E-state index in [9.17, 15) is 9.59 Å². The zero-order valence-electron chi connectivity index (χ0n) is 13.0. The van der Waals surface area contributed by atoms with Gasteiger partial charge in [-0.05, 0) is 25.1 Å². The molecule has 0 N–H and O–H groups in total. The number of ether oxygens (including phenoxy) is 1. The lowest BCUT2D eigenvalue weighted by Gasteiger charge is -2.17. The molecule has 6 nitrogen and oxygen atoms in total. The van der Waals surface area contributed by atoms with E-state index >= 15 is 0 Å². The molecule has 1 aliphatic heterocycles. The number of hydrogen-bond donors (Lipinski definition) is 0. The monoisotopic (exact) mass is 311 g/mol. The Kier molecular flexibility index (Phi) is 4.06. The van der Waals surface area contributed by atoms with Gasteiger partial charge < -0.3 is 9.64 Å². The highest BCUT2D eigenvalue weighted by Crippen LogP contribution is 2.29. The first-order valence-corrected chi connectivity index (χ1v) is 7.37. The molecule has 1 aromatic heterocycles. The van der Waals surface area contributed by atoms with E-state index in [1.807, 2.05) is 37.3 Å². The summed E-state index contributed by atoms with van der Waals surface area (Å²) in [6, 6.07) is 9.40. The fourth-order valence-corrected chi connectivity index (χ4v) is 2.73. The van der Waals surface area contributed by atoms with E-state index in [4.69, 9.17) is 4.74 Å². The maximum Gasteiger partial charge on any atom is 0.311 e. The zero-order chi connectivity index (χ0) is 16.4. The van der Waals surface area contributed by atoms with Crippen molar-refractivity contribution in [3.05, 3.63) is 42.4 Å². The number of esters is 1. The highest BCUT2D eigenvalue weighted by molar-refractivity contribution is 5.99. The highest BCUT2D eigenvalue weighted by atomic mass is 16.5. The van der Waals surface area contributed by atoms with Gasteiger partial charge in [0.25, 0.3) is 0 Å². The fraction of sp³-hybridized carbons (Fsp3) is 0.294. The Morgan fingerprint density at radius 2 is 2.17 bits per heavy atom. The number of methoxy groups -OCH3 is 1. The van der Waals surface area contributed by atoms with Gasteiger partial charge in [0, 0.05) is 30.4 Å². The molecule has 1 saturated heterocycles. The normalized spacial score (nSPS) is 17.4. The average molecular weight is 311 g/mol. The number of hydrogen-bond acceptors (Lipinski definition) is 5. The van der Waals surface area contributed by atoms with Gasteiger partial charge in [0.15, 0.2) is 0 Å². The van der Waals surface area contributed by atoms with Crippen LogP contribution in [0.15, 0.2) is 36.5 Å². The van der Waals surface area contributed by atoms with Crippen molar-refractivity contribution in [3.63, 3.8) is 0 Å². The molecular formula is C17H17N3O3. The van der Waals surface area contributed by atoms with Gasteiger partial charge in [-0.15, -0.1) is 0 Å². The predicted molar refractivity (Wildman–Crippen MR) is 84.7 cm³/mol. The molecule has 0 saturated carbocycles. The average Bonchev–Trinajstić information content (AvgIpc) is 2.96. The Bertz CT molecular complexity index is 760. The molecule has 1 atom stereocenters. The maximum atomic E-state index is 12.2. The molecule has 0 aliphatic carbocycles. The van der Waals surface area contributed by atoms with Crippen LogP contribution in [0.4, 0.5) is 5.69 Å². The third-order valence-corrected chi connectivity index (χ3v) is 3.89. The summed E-state index contributed by atoms with van der Waals surface area (Å²) in [5, 5.41) is 0. The number of aryl methyl sites for hydroxylation is 1. The molecule has 0 spiro atoms. The van der Waals surface area contributed by atoms with Gasteiger partial charge in [-0.3, -0.25) is 9.59 Å². The number of rotatable bonds is 3. The topological polar surface area (TPSA) is 72.4 Å². The summed E-state index contributed by atoms with van der Waals surface area (Å²) in [5.74, 6) is -0.131. The minimum absolute atomic E-state index is 0.0728. The van der Waals surface area contributed by atoms with Crippen LogP contribution >= 0.6 is 0 Å². The molecule has 2 heterocycles. The molecule has 1 aromatic carbocycles. The van der Waals surface area contributed by atoms with E-state index in [2.05, 4.69) is 9.97 Å². The number of benzene rings is 1. The Labute approximate surface area is 134 Å². The van der Waals surface area contributed by atoms with E-state index in [0.717, 1.165) is 16.9 Å². The summed E-state index contributed by atoms with van der Waals surface area (Å²) in [6.07, 6.45) is 1.89. The largest absolute Gasteiger partial charge is 0.469 e. The minimum Gasteiger partial charge on any atom is -0.469 e. The second-order valence-electron chi connectivity index (χ2n) is 5.47. The summed E-state index contributed by atoms with van der Waals surface area (Å²) in [6.45, 7) is 2.18. The molecule has 118 valence electrons. The van der Waals surface area contributed by atoms with Crippen LogP contribution in [0.1, 0.15) is 12.2 Å². The Balaban J connectivity index is 1.88. The van der Waals surface area contributed by atoms with Gasteiger partial charge in [-0.25, -0.2) is 9.97 Å². The van der Waals surface area contributed by atoms with E-state index in [-0.39, 0.29) is 18.3 Å². The second kappa shape index (κ2) is 6.16. The molecular weight excluding hydrogens is 294 g/mol. The summed E-state index contributed by atoms with van der Waals surface area (Å²) < 4.78 is 4.74. The highest BCUT2D eigenvalue weighted by Gasteiger charge is 2.35. The van der Waals surface area contributed by atoms with E-state index < -0.39 is 5.92 Å². The SMILES string of the molecule is COC(=O)C1CC(=O)N(c2cccc(-c3ccnc(C)n3)c2)C1. The smallest absolute Gasteiger partial charge is 0.311 e.